The van der Waals surface area contributed by atoms with Gasteiger partial charge >= 0.3 is 0 Å². The molecule has 0 saturated heterocycles. The summed E-state index contributed by atoms with van der Waals surface area (Å²) in [5, 5.41) is 13.0. The van der Waals surface area contributed by atoms with Crippen LogP contribution in [0, 0.1) is 0 Å². The molecule has 0 unspecified atom stereocenters. The van der Waals surface area contributed by atoms with E-state index in [9.17, 15) is 5.11 Å². The van der Waals surface area contributed by atoms with E-state index >= 15 is 0 Å². The van der Waals surface area contributed by atoms with Crippen LogP contribution in [0.5, 0.6) is 17.2 Å². The fraction of sp³-hybridized carbons (Fsp3) is 0.571. The molecule has 1 rings (SSSR count). The number of benzene rings is 1. The molecule has 0 aromatic heterocycles. The van der Waals surface area contributed by atoms with Crippen molar-refractivity contribution in [1.82, 2.24) is 5.32 Å². The van der Waals surface area contributed by atoms with E-state index < -0.39 is 6.10 Å². The average Bonchev–Trinajstić information content (AvgIpc) is 2.42. The lowest BCUT2D eigenvalue weighted by Crippen LogP contribution is -2.35. The number of hydrogen-bond acceptors (Lipinski definition) is 5. The van der Waals surface area contributed by atoms with E-state index in [1.165, 1.54) is 0 Å². The first kappa shape index (κ1) is 15.6. The number of hydrogen-bond donors (Lipinski definition) is 2. The number of nitrogens with one attached hydrogen (secondary N) is 1. The Hall–Kier alpha value is -1.46. The second kappa shape index (κ2) is 7.86. The number of methoxy groups -OCH3 is 2. The maximum atomic E-state index is 9.82. The van der Waals surface area contributed by atoms with Gasteiger partial charge < -0.3 is 24.6 Å². The van der Waals surface area contributed by atoms with E-state index in [4.69, 9.17) is 14.2 Å². The number of rotatable bonds is 8. The van der Waals surface area contributed by atoms with Gasteiger partial charge in [0.25, 0.3) is 0 Å². The van der Waals surface area contributed by atoms with E-state index in [-0.39, 0.29) is 6.61 Å². The smallest absolute Gasteiger partial charge is 0.203 e. The predicted molar refractivity (Wildman–Crippen MR) is 74.2 cm³/mol. The molecule has 0 fully saturated rings. The highest BCUT2D eigenvalue weighted by atomic mass is 16.5. The van der Waals surface area contributed by atoms with Crippen LogP contribution in [0.15, 0.2) is 18.2 Å². The van der Waals surface area contributed by atoms with Crippen molar-refractivity contribution >= 4 is 0 Å². The fourth-order valence-corrected chi connectivity index (χ4v) is 1.57. The summed E-state index contributed by atoms with van der Waals surface area (Å²) < 4.78 is 16.0. The summed E-state index contributed by atoms with van der Waals surface area (Å²) in [6.45, 7) is 4.71. The normalized spacial score (nSPS) is 12.3. The van der Waals surface area contributed by atoms with Gasteiger partial charge in [0.2, 0.25) is 5.75 Å². The molecule has 0 heterocycles. The van der Waals surface area contributed by atoms with Gasteiger partial charge in [0.1, 0.15) is 12.7 Å². The highest BCUT2D eigenvalue weighted by Crippen LogP contribution is 2.36. The molecule has 19 heavy (non-hydrogen) atoms. The Morgan fingerprint density at radius 2 is 1.74 bits per heavy atom. The van der Waals surface area contributed by atoms with Crippen LogP contribution in [0.3, 0.4) is 0 Å². The van der Waals surface area contributed by atoms with Gasteiger partial charge in [-0.3, -0.25) is 0 Å². The molecule has 0 bridgehead atoms. The van der Waals surface area contributed by atoms with Gasteiger partial charge in [-0.1, -0.05) is 19.9 Å². The monoisotopic (exact) mass is 269 g/mol. The van der Waals surface area contributed by atoms with Crippen molar-refractivity contribution in [2.75, 3.05) is 27.4 Å². The van der Waals surface area contributed by atoms with Gasteiger partial charge in [0, 0.05) is 12.6 Å². The van der Waals surface area contributed by atoms with Crippen molar-refractivity contribution in [2.45, 2.75) is 26.0 Å². The summed E-state index contributed by atoms with van der Waals surface area (Å²) in [7, 11) is 3.14. The summed E-state index contributed by atoms with van der Waals surface area (Å²) in [6.07, 6.45) is -0.586. The van der Waals surface area contributed by atoms with Gasteiger partial charge in [-0.25, -0.2) is 0 Å². The summed E-state index contributed by atoms with van der Waals surface area (Å²) in [5.41, 5.74) is 0. The lowest BCUT2D eigenvalue weighted by atomic mass is 10.3. The molecule has 0 spiro atoms. The number of aliphatic hydroxyl groups excluding tert-OH is 1. The summed E-state index contributed by atoms with van der Waals surface area (Å²) >= 11 is 0. The van der Waals surface area contributed by atoms with E-state index in [1.54, 1.807) is 26.4 Å². The standard InChI is InChI=1S/C14H23NO4/c1-10(2)15-8-11(16)9-19-14-12(17-3)6-5-7-13(14)18-4/h5-7,10-11,15-16H,8-9H2,1-4H3/t11-/m1/s1. The van der Waals surface area contributed by atoms with Crippen molar-refractivity contribution in [1.29, 1.82) is 0 Å². The first-order chi connectivity index (χ1) is 9.08. The molecule has 5 heteroatoms. The third-order valence-electron chi connectivity index (χ3n) is 2.56. The van der Waals surface area contributed by atoms with Crippen LogP contribution < -0.4 is 19.5 Å². The van der Waals surface area contributed by atoms with E-state index in [0.29, 0.717) is 29.8 Å². The Morgan fingerprint density at radius 3 is 2.21 bits per heavy atom. The molecule has 0 aliphatic rings. The summed E-state index contributed by atoms with van der Waals surface area (Å²) in [5.74, 6) is 1.68. The van der Waals surface area contributed by atoms with Crippen molar-refractivity contribution in [3.63, 3.8) is 0 Å². The predicted octanol–water partition coefficient (Wildman–Crippen LogP) is 1.44. The molecule has 0 radical (unpaired) electrons. The first-order valence-corrected chi connectivity index (χ1v) is 6.33. The van der Waals surface area contributed by atoms with Crippen molar-refractivity contribution < 1.29 is 19.3 Å². The summed E-state index contributed by atoms with van der Waals surface area (Å²) in [6, 6.07) is 5.73. The Morgan fingerprint density at radius 1 is 1.16 bits per heavy atom. The molecule has 1 aromatic rings. The molecule has 108 valence electrons. The Labute approximate surface area is 114 Å². The third kappa shape index (κ3) is 4.96. The van der Waals surface area contributed by atoms with Crippen LogP contribution in [-0.4, -0.2) is 44.6 Å². The molecule has 1 aromatic carbocycles. The minimum atomic E-state index is -0.586. The highest BCUT2D eigenvalue weighted by molar-refractivity contribution is 5.51. The minimum absolute atomic E-state index is 0.177. The molecule has 5 nitrogen and oxygen atoms in total. The van der Waals surface area contributed by atoms with E-state index in [0.717, 1.165) is 0 Å². The summed E-state index contributed by atoms with van der Waals surface area (Å²) in [4.78, 5) is 0. The van der Waals surface area contributed by atoms with Crippen LogP contribution in [0.25, 0.3) is 0 Å². The third-order valence-corrected chi connectivity index (χ3v) is 2.56. The van der Waals surface area contributed by atoms with Crippen LogP contribution in [-0.2, 0) is 0 Å². The van der Waals surface area contributed by atoms with Crippen molar-refractivity contribution in [2.24, 2.45) is 0 Å². The largest absolute Gasteiger partial charge is 0.493 e. The Kier molecular flexibility index (Phi) is 6.45. The molecule has 0 amide bonds. The van der Waals surface area contributed by atoms with Gasteiger partial charge in [0.15, 0.2) is 11.5 Å². The quantitative estimate of drug-likeness (QED) is 0.748. The minimum Gasteiger partial charge on any atom is -0.493 e. The molecule has 2 N–H and O–H groups in total. The zero-order valence-electron chi connectivity index (χ0n) is 12.0. The average molecular weight is 269 g/mol. The molecule has 0 aliphatic carbocycles. The molecule has 0 saturated carbocycles. The van der Waals surface area contributed by atoms with Crippen molar-refractivity contribution in [3.8, 4) is 17.2 Å². The second-order valence-electron chi connectivity index (χ2n) is 4.52. The first-order valence-electron chi connectivity index (χ1n) is 6.33. The maximum absolute atomic E-state index is 9.82. The van der Waals surface area contributed by atoms with Crippen molar-refractivity contribution in [3.05, 3.63) is 18.2 Å². The molecular weight excluding hydrogens is 246 g/mol. The van der Waals surface area contributed by atoms with Crippen LogP contribution >= 0.6 is 0 Å². The van der Waals surface area contributed by atoms with Gasteiger partial charge in [0.05, 0.1) is 14.2 Å². The molecule has 0 aliphatic heterocycles. The van der Waals surface area contributed by atoms with Gasteiger partial charge in [-0.05, 0) is 12.1 Å². The van der Waals surface area contributed by atoms with Gasteiger partial charge in [-0.15, -0.1) is 0 Å². The number of ether oxygens (including phenoxy) is 3. The van der Waals surface area contributed by atoms with Crippen LogP contribution in [0.4, 0.5) is 0 Å². The maximum Gasteiger partial charge on any atom is 0.203 e. The second-order valence-corrected chi connectivity index (χ2v) is 4.52. The molecule has 1 atom stereocenters. The van der Waals surface area contributed by atoms with E-state index in [2.05, 4.69) is 5.32 Å². The Balaban J connectivity index is 2.61. The Bertz CT molecular complexity index is 359. The van der Waals surface area contributed by atoms with Crippen LogP contribution in [0.2, 0.25) is 0 Å². The van der Waals surface area contributed by atoms with Gasteiger partial charge in [-0.2, -0.15) is 0 Å². The lowest BCUT2D eigenvalue weighted by molar-refractivity contribution is 0.101. The SMILES string of the molecule is COc1cccc(OC)c1OC[C@H](O)CNC(C)C. The van der Waals surface area contributed by atoms with Crippen LogP contribution in [0.1, 0.15) is 13.8 Å². The fourth-order valence-electron chi connectivity index (χ4n) is 1.57. The molecular formula is C14H23NO4. The zero-order chi connectivity index (χ0) is 14.3. The highest BCUT2D eigenvalue weighted by Gasteiger charge is 2.13. The number of aliphatic hydroxyl groups is 1. The van der Waals surface area contributed by atoms with E-state index in [1.807, 2.05) is 19.9 Å². The number of para-hydroxylation sites is 1. The lowest BCUT2D eigenvalue weighted by Gasteiger charge is -2.17. The topological polar surface area (TPSA) is 60.0 Å². The zero-order valence-corrected chi connectivity index (χ0v) is 12.0.